The molecule has 0 amide bonds. The van der Waals surface area contributed by atoms with Crippen molar-refractivity contribution in [3.63, 3.8) is 0 Å². The molecule has 0 saturated carbocycles. The molecule has 0 spiro atoms. The van der Waals surface area contributed by atoms with Crippen LogP contribution in [0.4, 0.5) is 0 Å². The van der Waals surface area contributed by atoms with Gasteiger partial charge in [0.15, 0.2) is 0 Å². The molecule has 0 aromatic heterocycles. The van der Waals surface area contributed by atoms with E-state index in [9.17, 15) is 0 Å². The van der Waals surface area contributed by atoms with E-state index in [1.54, 1.807) is 7.11 Å². The molecule has 0 radical (unpaired) electrons. The standard InChI is InChI=1S/C17H28N2O/c1-5-15-12-19(17(3,6-2)13-18-15)11-14-7-9-16(20-4)10-8-14/h7-10,15,18H,5-6,11-13H2,1-4H3. The first-order valence-electron chi connectivity index (χ1n) is 7.72. The molecule has 1 saturated heterocycles. The number of rotatable bonds is 5. The van der Waals surface area contributed by atoms with Crippen LogP contribution in [0.15, 0.2) is 24.3 Å². The Morgan fingerprint density at radius 3 is 2.55 bits per heavy atom. The summed E-state index contributed by atoms with van der Waals surface area (Å²) in [6.45, 7) is 10.2. The number of piperazine rings is 1. The van der Waals surface area contributed by atoms with Crippen molar-refractivity contribution in [3.8, 4) is 5.75 Å². The summed E-state index contributed by atoms with van der Waals surface area (Å²) in [4.78, 5) is 2.64. The SMILES string of the molecule is CCC1CN(Cc2ccc(OC)cc2)C(C)(CC)CN1. The van der Waals surface area contributed by atoms with Crippen LogP contribution in [0, 0.1) is 0 Å². The van der Waals surface area contributed by atoms with Gasteiger partial charge in [-0.05, 0) is 37.5 Å². The highest BCUT2D eigenvalue weighted by Crippen LogP contribution is 2.26. The summed E-state index contributed by atoms with van der Waals surface area (Å²) in [7, 11) is 1.71. The number of hydrogen-bond acceptors (Lipinski definition) is 3. The first kappa shape index (κ1) is 15.3. The number of nitrogens with zero attached hydrogens (tertiary/aromatic N) is 1. The highest BCUT2D eigenvalue weighted by molar-refractivity contribution is 5.27. The van der Waals surface area contributed by atoms with Crippen molar-refractivity contribution in [2.24, 2.45) is 0 Å². The zero-order valence-corrected chi connectivity index (χ0v) is 13.3. The Labute approximate surface area is 123 Å². The minimum absolute atomic E-state index is 0.256. The molecule has 2 rings (SSSR count). The summed E-state index contributed by atoms with van der Waals surface area (Å²) in [5.41, 5.74) is 1.62. The van der Waals surface area contributed by atoms with E-state index in [1.807, 2.05) is 0 Å². The highest BCUT2D eigenvalue weighted by atomic mass is 16.5. The van der Waals surface area contributed by atoms with Gasteiger partial charge in [0.05, 0.1) is 7.11 Å². The van der Waals surface area contributed by atoms with Crippen LogP contribution in [-0.4, -0.2) is 36.7 Å². The van der Waals surface area contributed by atoms with E-state index in [2.05, 4.69) is 55.3 Å². The van der Waals surface area contributed by atoms with Gasteiger partial charge >= 0.3 is 0 Å². The van der Waals surface area contributed by atoms with Crippen LogP contribution < -0.4 is 10.1 Å². The molecule has 1 aliphatic rings. The van der Waals surface area contributed by atoms with Crippen LogP contribution in [0.3, 0.4) is 0 Å². The summed E-state index contributed by atoms with van der Waals surface area (Å²) in [5.74, 6) is 0.929. The molecule has 3 nitrogen and oxygen atoms in total. The predicted octanol–water partition coefficient (Wildman–Crippen LogP) is 3.05. The van der Waals surface area contributed by atoms with Crippen molar-refractivity contribution >= 4 is 0 Å². The normalized spacial score (nSPS) is 27.5. The van der Waals surface area contributed by atoms with Crippen LogP contribution in [0.25, 0.3) is 0 Å². The fourth-order valence-electron chi connectivity index (χ4n) is 2.86. The van der Waals surface area contributed by atoms with Crippen LogP contribution in [0.5, 0.6) is 5.75 Å². The maximum absolute atomic E-state index is 5.23. The van der Waals surface area contributed by atoms with Gasteiger partial charge in [0.2, 0.25) is 0 Å². The van der Waals surface area contributed by atoms with Gasteiger partial charge in [-0.1, -0.05) is 26.0 Å². The number of nitrogens with one attached hydrogen (secondary N) is 1. The third kappa shape index (κ3) is 3.33. The lowest BCUT2D eigenvalue weighted by molar-refractivity contribution is 0.0408. The Bertz CT molecular complexity index is 418. The van der Waals surface area contributed by atoms with E-state index in [0.29, 0.717) is 6.04 Å². The summed E-state index contributed by atoms with van der Waals surface area (Å²) in [5, 5.41) is 3.68. The lowest BCUT2D eigenvalue weighted by atomic mass is 9.91. The van der Waals surface area contributed by atoms with Gasteiger partial charge in [0, 0.05) is 31.2 Å². The molecule has 20 heavy (non-hydrogen) atoms. The molecule has 1 aromatic rings. The lowest BCUT2D eigenvalue weighted by Crippen LogP contribution is -2.62. The molecule has 1 aromatic carbocycles. The Kier molecular flexibility index (Phi) is 5.06. The summed E-state index contributed by atoms with van der Waals surface area (Å²) in [6, 6.07) is 9.08. The van der Waals surface area contributed by atoms with E-state index in [0.717, 1.165) is 25.4 Å². The second-order valence-electron chi connectivity index (χ2n) is 6.07. The largest absolute Gasteiger partial charge is 0.497 e. The van der Waals surface area contributed by atoms with E-state index >= 15 is 0 Å². The highest BCUT2D eigenvalue weighted by Gasteiger charge is 2.35. The van der Waals surface area contributed by atoms with Gasteiger partial charge in [-0.2, -0.15) is 0 Å². The number of methoxy groups -OCH3 is 1. The van der Waals surface area contributed by atoms with Crippen molar-refractivity contribution in [3.05, 3.63) is 29.8 Å². The van der Waals surface area contributed by atoms with Gasteiger partial charge in [-0.25, -0.2) is 0 Å². The van der Waals surface area contributed by atoms with Crippen molar-refractivity contribution in [1.29, 1.82) is 0 Å². The van der Waals surface area contributed by atoms with Gasteiger partial charge in [-0.15, -0.1) is 0 Å². The van der Waals surface area contributed by atoms with Gasteiger partial charge < -0.3 is 10.1 Å². The molecule has 0 bridgehead atoms. The van der Waals surface area contributed by atoms with Crippen LogP contribution >= 0.6 is 0 Å². The molecule has 3 heteroatoms. The molecule has 2 atom stereocenters. The fourth-order valence-corrected chi connectivity index (χ4v) is 2.86. The topological polar surface area (TPSA) is 24.5 Å². The van der Waals surface area contributed by atoms with Gasteiger partial charge in [-0.3, -0.25) is 4.90 Å². The quantitative estimate of drug-likeness (QED) is 0.894. The molecule has 112 valence electrons. The average molecular weight is 276 g/mol. The van der Waals surface area contributed by atoms with Gasteiger partial charge in [0.1, 0.15) is 5.75 Å². The maximum atomic E-state index is 5.23. The molecule has 1 fully saturated rings. The number of ether oxygens (including phenoxy) is 1. The molecule has 1 N–H and O–H groups in total. The molecule has 2 unspecified atom stereocenters. The van der Waals surface area contributed by atoms with Crippen molar-refractivity contribution < 1.29 is 4.74 Å². The van der Waals surface area contributed by atoms with Crippen molar-refractivity contribution in [2.45, 2.75) is 51.7 Å². The monoisotopic (exact) mass is 276 g/mol. The lowest BCUT2D eigenvalue weighted by Gasteiger charge is -2.48. The predicted molar refractivity (Wildman–Crippen MR) is 84.2 cm³/mol. The van der Waals surface area contributed by atoms with Crippen molar-refractivity contribution in [1.82, 2.24) is 10.2 Å². The number of benzene rings is 1. The minimum atomic E-state index is 0.256. The van der Waals surface area contributed by atoms with Crippen molar-refractivity contribution in [2.75, 3.05) is 20.2 Å². The van der Waals surface area contributed by atoms with E-state index in [4.69, 9.17) is 4.74 Å². The third-order valence-electron chi connectivity index (χ3n) is 4.76. The first-order chi connectivity index (χ1) is 9.61. The molecule has 0 aliphatic carbocycles. The van der Waals surface area contributed by atoms with Crippen LogP contribution in [-0.2, 0) is 6.54 Å². The zero-order chi connectivity index (χ0) is 14.6. The second-order valence-corrected chi connectivity index (χ2v) is 6.07. The Morgan fingerprint density at radius 1 is 1.30 bits per heavy atom. The minimum Gasteiger partial charge on any atom is -0.497 e. The fraction of sp³-hybridized carbons (Fsp3) is 0.647. The molecular formula is C17H28N2O. The Balaban J connectivity index is 2.09. The summed E-state index contributed by atoms with van der Waals surface area (Å²) < 4.78 is 5.23. The Morgan fingerprint density at radius 2 is 2.00 bits per heavy atom. The number of hydrogen-bond donors (Lipinski definition) is 1. The first-order valence-corrected chi connectivity index (χ1v) is 7.72. The van der Waals surface area contributed by atoms with Crippen LogP contribution in [0.1, 0.15) is 39.2 Å². The van der Waals surface area contributed by atoms with E-state index in [-0.39, 0.29) is 5.54 Å². The average Bonchev–Trinajstić information content (AvgIpc) is 2.50. The smallest absolute Gasteiger partial charge is 0.118 e. The second kappa shape index (κ2) is 6.59. The van der Waals surface area contributed by atoms with E-state index < -0.39 is 0 Å². The Hall–Kier alpha value is -1.06. The van der Waals surface area contributed by atoms with Crippen LogP contribution in [0.2, 0.25) is 0 Å². The molecule has 1 heterocycles. The maximum Gasteiger partial charge on any atom is 0.118 e. The summed E-state index contributed by atoms with van der Waals surface area (Å²) >= 11 is 0. The molecule has 1 aliphatic heterocycles. The van der Waals surface area contributed by atoms with E-state index in [1.165, 1.54) is 18.4 Å². The zero-order valence-electron chi connectivity index (χ0n) is 13.3. The summed E-state index contributed by atoms with van der Waals surface area (Å²) in [6.07, 6.45) is 2.37. The van der Waals surface area contributed by atoms with Gasteiger partial charge in [0.25, 0.3) is 0 Å². The third-order valence-corrected chi connectivity index (χ3v) is 4.76. The molecular weight excluding hydrogens is 248 g/mol.